The molecule has 0 aliphatic heterocycles. The summed E-state index contributed by atoms with van der Waals surface area (Å²) in [6, 6.07) is 21.1. The molecule has 4 aromatic rings. The van der Waals surface area contributed by atoms with Gasteiger partial charge >= 0.3 is 5.97 Å². The zero-order valence-electron chi connectivity index (χ0n) is 25.9. The lowest BCUT2D eigenvalue weighted by Crippen LogP contribution is -2.24. The molecule has 0 spiro atoms. The number of fused-ring (bicyclic) bond motifs is 1. The van der Waals surface area contributed by atoms with E-state index in [4.69, 9.17) is 23.9 Å². The third kappa shape index (κ3) is 7.92. The summed E-state index contributed by atoms with van der Waals surface area (Å²) in [5.41, 5.74) is 5.28. The van der Waals surface area contributed by atoms with Crippen molar-refractivity contribution < 1.29 is 23.7 Å². The van der Waals surface area contributed by atoms with Crippen LogP contribution in [0.2, 0.25) is 25.7 Å². The SMILES string of the molecule is CCOC(=O)c1cc2nc(N(Cc3ccc(OC)cc3)Cc3ccc(OC)cc3)c(C)cc2n1COCC[Si](C)(C)C. The molecule has 0 aliphatic carbocycles. The Morgan fingerprint density at radius 1 is 0.905 bits per heavy atom. The van der Waals surface area contributed by atoms with Crippen LogP contribution in [0, 0.1) is 6.92 Å². The van der Waals surface area contributed by atoms with Gasteiger partial charge in [-0.05, 0) is 73.0 Å². The molecule has 224 valence electrons. The van der Waals surface area contributed by atoms with Crippen molar-refractivity contribution in [1.82, 2.24) is 9.55 Å². The molecule has 2 aromatic heterocycles. The van der Waals surface area contributed by atoms with Crippen LogP contribution in [0.15, 0.2) is 60.7 Å². The first-order valence-electron chi connectivity index (χ1n) is 14.4. The Balaban J connectivity index is 1.72. The fourth-order valence-corrected chi connectivity index (χ4v) is 5.50. The fourth-order valence-electron chi connectivity index (χ4n) is 4.74. The zero-order chi connectivity index (χ0) is 30.3. The largest absolute Gasteiger partial charge is 0.497 e. The predicted octanol–water partition coefficient (Wildman–Crippen LogP) is 7.06. The zero-order valence-corrected chi connectivity index (χ0v) is 26.9. The molecule has 42 heavy (non-hydrogen) atoms. The van der Waals surface area contributed by atoms with Gasteiger partial charge < -0.3 is 28.4 Å². The molecule has 2 aromatic carbocycles. The lowest BCUT2D eigenvalue weighted by molar-refractivity contribution is 0.0478. The van der Waals surface area contributed by atoms with Gasteiger partial charge in [0.2, 0.25) is 0 Å². The van der Waals surface area contributed by atoms with Crippen LogP contribution in [0.25, 0.3) is 11.0 Å². The molecule has 0 fully saturated rings. The van der Waals surface area contributed by atoms with Crippen molar-refractivity contribution in [2.75, 3.05) is 32.3 Å². The first kappa shape index (κ1) is 31.1. The molecular weight excluding hydrogens is 546 g/mol. The molecule has 0 atom stereocenters. The average Bonchev–Trinajstić information content (AvgIpc) is 3.32. The van der Waals surface area contributed by atoms with Crippen LogP contribution >= 0.6 is 0 Å². The van der Waals surface area contributed by atoms with Gasteiger partial charge in [0.25, 0.3) is 0 Å². The van der Waals surface area contributed by atoms with E-state index in [1.807, 2.05) is 41.8 Å². The van der Waals surface area contributed by atoms with Crippen molar-refractivity contribution in [2.24, 2.45) is 0 Å². The van der Waals surface area contributed by atoms with E-state index in [1.54, 1.807) is 14.2 Å². The Bertz CT molecular complexity index is 1430. The van der Waals surface area contributed by atoms with Crippen molar-refractivity contribution in [3.63, 3.8) is 0 Å². The average molecular weight is 590 g/mol. The van der Waals surface area contributed by atoms with E-state index >= 15 is 0 Å². The molecule has 4 rings (SSSR count). The second kappa shape index (κ2) is 13.9. The van der Waals surface area contributed by atoms with Crippen LogP contribution < -0.4 is 14.4 Å². The summed E-state index contributed by atoms with van der Waals surface area (Å²) in [6.07, 6.45) is 0. The Morgan fingerprint density at radius 3 is 1.98 bits per heavy atom. The van der Waals surface area contributed by atoms with Crippen molar-refractivity contribution in [2.45, 2.75) is 59.4 Å². The molecule has 0 amide bonds. The van der Waals surface area contributed by atoms with Gasteiger partial charge in [0, 0.05) is 27.8 Å². The van der Waals surface area contributed by atoms with Crippen LogP contribution in [0.3, 0.4) is 0 Å². The molecule has 0 aliphatic rings. The molecule has 2 heterocycles. The lowest BCUT2D eigenvalue weighted by Gasteiger charge is -2.26. The minimum Gasteiger partial charge on any atom is -0.497 e. The van der Waals surface area contributed by atoms with Gasteiger partial charge in [-0.15, -0.1) is 0 Å². The summed E-state index contributed by atoms with van der Waals surface area (Å²) >= 11 is 0. The number of anilines is 1. The predicted molar refractivity (Wildman–Crippen MR) is 170 cm³/mol. The maximum atomic E-state index is 13.0. The highest BCUT2D eigenvalue weighted by atomic mass is 28.3. The minimum absolute atomic E-state index is 0.268. The van der Waals surface area contributed by atoms with Gasteiger partial charge in [-0.25, -0.2) is 9.78 Å². The quantitative estimate of drug-likeness (QED) is 0.0886. The number of carbonyl (C=O) groups excluding carboxylic acids is 1. The number of hydrogen-bond donors (Lipinski definition) is 0. The van der Waals surface area contributed by atoms with E-state index in [0.29, 0.717) is 32.0 Å². The van der Waals surface area contributed by atoms with E-state index in [2.05, 4.69) is 61.8 Å². The van der Waals surface area contributed by atoms with E-state index in [9.17, 15) is 4.79 Å². The smallest absolute Gasteiger partial charge is 0.355 e. The lowest BCUT2D eigenvalue weighted by atomic mass is 10.1. The number of methoxy groups -OCH3 is 2. The van der Waals surface area contributed by atoms with Crippen molar-refractivity contribution >= 4 is 30.9 Å². The number of aromatic nitrogens is 2. The van der Waals surface area contributed by atoms with Crippen LogP contribution in [0.5, 0.6) is 11.5 Å². The summed E-state index contributed by atoms with van der Waals surface area (Å²) in [5, 5.41) is 0. The number of aryl methyl sites for hydroxylation is 1. The van der Waals surface area contributed by atoms with Gasteiger partial charge in [-0.1, -0.05) is 43.9 Å². The Morgan fingerprint density at radius 2 is 1.48 bits per heavy atom. The third-order valence-corrected chi connectivity index (χ3v) is 8.82. The maximum absolute atomic E-state index is 13.0. The van der Waals surface area contributed by atoms with Gasteiger partial charge in [-0.3, -0.25) is 0 Å². The molecule has 8 nitrogen and oxygen atoms in total. The number of esters is 1. The number of hydrogen-bond acceptors (Lipinski definition) is 7. The van der Waals surface area contributed by atoms with Gasteiger partial charge in [0.1, 0.15) is 29.7 Å². The number of nitrogens with zero attached hydrogens (tertiary/aromatic N) is 3. The summed E-state index contributed by atoms with van der Waals surface area (Å²) < 4.78 is 24.1. The highest BCUT2D eigenvalue weighted by molar-refractivity contribution is 6.76. The molecule has 0 N–H and O–H groups in total. The van der Waals surface area contributed by atoms with Gasteiger partial charge in [0.15, 0.2) is 0 Å². The molecule has 0 bridgehead atoms. The monoisotopic (exact) mass is 589 g/mol. The van der Waals surface area contributed by atoms with Crippen LogP contribution in [-0.4, -0.2) is 51.0 Å². The van der Waals surface area contributed by atoms with E-state index in [1.165, 1.54) is 0 Å². The summed E-state index contributed by atoms with van der Waals surface area (Å²) in [5.74, 6) is 2.10. The molecule has 0 saturated carbocycles. The topological polar surface area (TPSA) is 75.0 Å². The number of carbonyl (C=O) groups is 1. The maximum Gasteiger partial charge on any atom is 0.355 e. The highest BCUT2D eigenvalue weighted by Gasteiger charge is 2.22. The van der Waals surface area contributed by atoms with E-state index in [0.717, 1.165) is 51.1 Å². The van der Waals surface area contributed by atoms with E-state index in [-0.39, 0.29) is 12.7 Å². The summed E-state index contributed by atoms with van der Waals surface area (Å²) in [6.45, 7) is 13.3. The standard InChI is InChI=1S/C33H43N3O5Si/c1-8-41-33(37)31-20-29-30(36(31)23-40-17-18-42(5,6)7)19-24(2)32(34-29)35(21-25-9-13-27(38-3)14-10-25)22-26-11-15-28(39-4)16-12-26/h9-16,19-20H,8,17-18,21-23H2,1-7H3. The second-order valence-corrected chi connectivity index (χ2v) is 17.2. The second-order valence-electron chi connectivity index (χ2n) is 11.6. The van der Waals surface area contributed by atoms with Gasteiger partial charge in [0.05, 0.1) is 31.9 Å². The Labute approximate surface area is 250 Å². The molecule has 0 radical (unpaired) electrons. The number of benzene rings is 2. The van der Waals surface area contributed by atoms with Crippen LogP contribution in [-0.2, 0) is 29.3 Å². The normalized spacial score (nSPS) is 11.5. The highest BCUT2D eigenvalue weighted by Crippen LogP contribution is 2.29. The summed E-state index contributed by atoms with van der Waals surface area (Å²) in [4.78, 5) is 20.3. The van der Waals surface area contributed by atoms with Crippen molar-refractivity contribution in [1.29, 1.82) is 0 Å². The minimum atomic E-state index is -1.24. The Kier molecular flexibility index (Phi) is 10.3. The first-order chi connectivity index (χ1) is 20.1. The molecular formula is C33H43N3O5Si. The van der Waals surface area contributed by atoms with Crippen LogP contribution in [0.4, 0.5) is 5.82 Å². The molecule has 0 unspecified atom stereocenters. The molecule has 9 heteroatoms. The summed E-state index contributed by atoms with van der Waals surface area (Å²) in [7, 11) is 2.09. The van der Waals surface area contributed by atoms with E-state index < -0.39 is 8.07 Å². The van der Waals surface area contributed by atoms with Crippen molar-refractivity contribution in [3.8, 4) is 11.5 Å². The number of rotatable bonds is 14. The molecule has 0 saturated heterocycles. The van der Waals surface area contributed by atoms with Crippen LogP contribution in [0.1, 0.15) is 34.1 Å². The third-order valence-electron chi connectivity index (χ3n) is 7.12. The van der Waals surface area contributed by atoms with Gasteiger partial charge in [-0.2, -0.15) is 0 Å². The van der Waals surface area contributed by atoms with Crippen molar-refractivity contribution in [3.05, 3.63) is 83.0 Å². The fraction of sp³-hybridized carbons (Fsp3) is 0.394. The number of pyridine rings is 1. The number of ether oxygens (including phenoxy) is 4. The first-order valence-corrected chi connectivity index (χ1v) is 18.1. The Hall–Kier alpha value is -3.82.